The Hall–Kier alpha value is -2.83. The fourth-order valence-electron chi connectivity index (χ4n) is 2.85. The second-order valence-corrected chi connectivity index (χ2v) is 6.07. The summed E-state index contributed by atoms with van der Waals surface area (Å²) < 4.78 is 15.2. The number of methoxy groups -OCH3 is 1. The van der Waals surface area contributed by atoms with Crippen molar-refractivity contribution >= 4 is 18.2 Å². The summed E-state index contributed by atoms with van der Waals surface area (Å²) in [6.07, 6.45) is 1.87. The summed E-state index contributed by atoms with van der Waals surface area (Å²) in [4.78, 5) is 35.5. The van der Waals surface area contributed by atoms with Crippen molar-refractivity contribution in [3.05, 3.63) is 41.7 Å². The second-order valence-electron chi connectivity index (χ2n) is 6.07. The SMILES string of the molecule is COC(=O)C1=COC(C)C(C=O)C1CC(=O)OCCc1ccc(O)cc1. The average Bonchev–Trinajstić information content (AvgIpc) is 2.63. The Morgan fingerprint density at radius 2 is 1.96 bits per heavy atom. The van der Waals surface area contributed by atoms with Crippen molar-refractivity contribution in [2.24, 2.45) is 11.8 Å². The first-order chi connectivity index (χ1) is 12.5. The number of rotatable bonds is 7. The van der Waals surface area contributed by atoms with Crippen LogP contribution in [-0.4, -0.2) is 43.2 Å². The van der Waals surface area contributed by atoms with Crippen molar-refractivity contribution in [1.29, 1.82) is 0 Å². The van der Waals surface area contributed by atoms with Crippen LogP contribution in [0.15, 0.2) is 36.1 Å². The highest BCUT2D eigenvalue weighted by atomic mass is 16.5. The van der Waals surface area contributed by atoms with Gasteiger partial charge in [0.1, 0.15) is 18.1 Å². The molecule has 0 fully saturated rings. The molecular formula is C19H22O7. The van der Waals surface area contributed by atoms with Gasteiger partial charge in [0.25, 0.3) is 0 Å². The molecule has 1 aromatic rings. The molecule has 1 aliphatic rings. The fourth-order valence-corrected chi connectivity index (χ4v) is 2.85. The third-order valence-corrected chi connectivity index (χ3v) is 4.37. The second kappa shape index (κ2) is 9.03. The van der Waals surface area contributed by atoms with Crippen molar-refractivity contribution < 1.29 is 33.7 Å². The van der Waals surface area contributed by atoms with E-state index in [-0.39, 0.29) is 24.4 Å². The number of carbonyl (C=O) groups excluding carboxylic acids is 3. The molecule has 26 heavy (non-hydrogen) atoms. The van der Waals surface area contributed by atoms with Crippen LogP contribution in [0.4, 0.5) is 0 Å². The first-order valence-electron chi connectivity index (χ1n) is 8.29. The van der Waals surface area contributed by atoms with Gasteiger partial charge >= 0.3 is 11.9 Å². The number of aromatic hydroxyl groups is 1. The minimum atomic E-state index is -0.648. The molecule has 140 valence electrons. The van der Waals surface area contributed by atoms with Crippen molar-refractivity contribution in [3.63, 3.8) is 0 Å². The van der Waals surface area contributed by atoms with Crippen LogP contribution in [0.5, 0.6) is 5.75 Å². The molecule has 0 amide bonds. The lowest BCUT2D eigenvalue weighted by atomic mass is 9.80. The summed E-state index contributed by atoms with van der Waals surface area (Å²) in [5, 5.41) is 9.25. The molecule has 3 atom stereocenters. The van der Waals surface area contributed by atoms with E-state index in [1.54, 1.807) is 31.2 Å². The quantitative estimate of drug-likeness (QED) is 0.583. The van der Waals surface area contributed by atoms with E-state index < -0.39 is 29.9 Å². The number of carbonyl (C=O) groups is 3. The molecule has 0 spiro atoms. The Kier molecular flexibility index (Phi) is 6.77. The molecule has 1 aromatic carbocycles. The van der Waals surface area contributed by atoms with Gasteiger partial charge in [-0.05, 0) is 24.6 Å². The normalized spacial score (nSPS) is 21.9. The van der Waals surface area contributed by atoms with E-state index in [4.69, 9.17) is 14.2 Å². The van der Waals surface area contributed by atoms with E-state index in [2.05, 4.69) is 0 Å². The molecule has 1 aliphatic heterocycles. The van der Waals surface area contributed by atoms with E-state index in [0.717, 1.165) is 5.56 Å². The monoisotopic (exact) mass is 362 g/mol. The molecule has 7 nitrogen and oxygen atoms in total. The Morgan fingerprint density at radius 3 is 2.58 bits per heavy atom. The molecule has 3 unspecified atom stereocenters. The number of aldehydes is 1. The number of esters is 2. The Labute approximate surface area is 151 Å². The molecular weight excluding hydrogens is 340 g/mol. The van der Waals surface area contributed by atoms with E-state index in [1.807, 2.05) is 0 Å². The molecule has 0 aromatic heterocycles. The van der Waals surface area contributed by atoms with Gasteiger partial charge in [0, 0.05) is 12.3 Å². The van der Waals surface area contributed by atoms with Crippen molar-refractivity contribution in [3.8, 4) is 5.75 Å². The van der Waals surface area contributed by atoms with Gasteiger partial charge in [0.15, 0.2) is 0 Å². The molecule has 2 rings (SSSR count). The predicted octanol–water partition coefficient (Wildman–Crippen LogP) is 1.77. The van der Waals surface area contributed by atoms with Crippen molar-refractivity contribution in [1.82, 2.24) is 0 Å². The van der Waals surface area contributed by atoms with Gasteiger partial charge in [0.05, 0.1) is 37.9 Å². The lowest BCUT2D eigenvalue weighted by Crippen LogP contribution is -2.37. The van der Waals surface area contributed by atoms with Gasteiger partial charge in [0.2, 0.25) is 0 Å². The van der Waals surface area contributed by atoms with Crippen LogP contribution in [-0.2, 0) is 35.0 Å². The number of ether oxygens (including phenoxy) is 3. The van der Waals surface area contributed by atoms with Crippen LogP contribution in [0, 0.1) is 11.8 Å². The number of phenols is 1. The van der Waals surface area contributed by atoms with Crippen LogP contribution >= 0.6 is 0 Å². The minimum absolute atomic E-state index is 0.117. The molecule has 0 saturated heterocycles. The summed E-state index contributed by atoms with van der Waals surface area (Å²) in [6.45, 7) is 1.86. The standard InChI is InChI=1S/C19H22O7/c1-12-16(10-20)15(17(11-26-12)19(23)24-2)9-18(22)25-8-7-13-3-5-14(21)6-4-13/h3-6,10-12,15-16,21H,7-9H2,1-2H3. The zero-order valence-corrected chi connectivity index (χ0v) is 14.7. The van der Waals surface area contributed by atoms with Crippen molar-refractivity contribution in [2.45, 2.75) is 25.9 Å². The number of benzene rings is 1. The predicted molar refractivity (Wildman–Crippen MR) is 91.1 cm³/mol. The summed E-state index contributed by atoms with van der Waals surface area (Å²) in [5.74, 6) is -2.26. The smallest absolute Gasteiger partial charge is 0.337 e. The van der Waals surface area contributed by atoms with Gasteiger partial charge in [-0.25, -0.2) is 4.79 Å². The molecule has 1 heterocycles. The van der Waals surface area contributed by atoms with Crippen LogP contribution in [0.2, 0.25) is 0 Å². The third-order valence-electron chi connectivity index (χ3n) is 4.37. The van der Waals surface area contributed by atoms with Crippen LogP contribution in [0.25, 0.3) is 0 Å². The van der Waals surface area contributed by atoms with Gasteiger partial charge in [-0.3, -0.25) is 4.79 Å². The van der Waals surface area contributed by atoms with Gasteiger partial charge in [-0.15, -0.1) is 0 Å². The van der Waals surface area contributed by atoms with Gasteiger partial charge in [-0.2, -0.15) is 0 Å². The minimum Gasteiger partial charge on any atom is -0.508 e. The largest absolute Gasteiger partial charge is 0.508 e. The van der Waals surface area contributed by atoms with E-state index >= 15 is 0 Å². The average molecular weight is 362 g/mol. The molecule has 1 N–H and O–H groups in total. The van der Waals surface area contributed by atoms with Gasteiger partial charge < -0.3 is 24.1 Å². The zero-order valence-electron chi connectivity index (χ0n) is 14.7. The van der Waals surface area contributed by atoms with Gasteiger partial charge in [-0.1, -0.05) is 12.1 Å². The van der Waals surface area contributed by atoms with Crippen LogP contribution in [0.1, 0.15) is 18.9 Å². The number of hydrogen-bond donors (Lipinski definition) is 1. The third kappa shape index (κ3) is 4.84. The van der Waals surface area contributed by atoms with Crippen LogP contribution in [0.3, 0.4) is 0 Å². The first kappa shape index (κ1) is 19.5. The maximum atomic E-state index is 12.2. The highest BCUT2D eigenvalue weighted by molar-refractivity contribution is 5.90. The first-order valence-corrected chi connectivity index (χ1v) is 8.29. The molecule has 0 aliphatic carbocycles. The summed E-state index contributed by atoms with van der Waals surface area (Å²) >= 11 is 0. The molecule has 0 bridgehead atoms. The topological polar surface area (TPSA) is 99.1 Å². The maximum absolute atomic E-state index is 12.2. The lowest BCUT2D eigenvalue weighted by molar-refractivity contribution is -0.146. The number of hydrogen-bond acceptors (Lipinski definition) is 7. The lowest BCUT2D eigenvalue weighted by Gasteiger charge is -2.32. The Morgan fingerprint density at radius 1 is 1.27 bits per heavy atom. The molecule has 0 radical (unpaired) electrons. The summed E-state index contributed by atoms with van der Waals surface area (Å²) in [5.41, 5.74) is 1.06. The fraction of sp³-hybridized carbons (Fsp3) is 0.421. The number of phenolic OH excluding ortho intramolecular Hbond substituents is 1. The molecule has 0 saturated carbocycles. The highest BCUT2D eigenvalue weighted by Crippen LogP contribution is 2.33. The highest BCUT2D eigenvalue weighted by Gasteiger charge is 2.39. The zero-order chi connectivity index (χ0) is 19.1. The molecule has 7 heteroatoms. The van der Waals surface area contributed by atoms with Crippen molar-refractivity contribution in [2.75, 3.05) is 13.7 Å². The Bertz CT molecular complexity index is 678. The summed E-state index contributed by atoms with van der Waals surface area (Å²) in [7, 11) is 1.23. The summed E-state index contributed by atoms with van der Waals surface area (Å²) in [6, 6.07) is 6.60. The van der Waals surface area contributed by atoms with E-state index in [1.165, 1.54) is 13.4 Å². The maximum Gasteiger partial charge on any atom is 0.337 e. The van der Waals surface area contributed by atoms with E-state index in [9.17, 15) is 19.5 Å². The Balaban J connectivity index is 1.96. The van der Waals surface area contributed by atoms with Crippen LogP contribution < -0.4 is 0 Å². The van der Waals surface area contributed by atoms with E-state index in [0.29, 0.717) is 12.7 Å².